The number of ether oxygens (including phenoxy) is 2. The Morgan fingerprint density at radius 3 is 2.73 bits per heavy atom. The van der Waals surface area contributed by atoms with Crippen LogP contribution in [0.3, 0.4) is 0 Å². The number of nitrogens with one attached hydrogen (secondary N) is 1. The minimum Gasteiger partial charge on any atom is -0.495 e. The number of carbonyl (C=O) groups excluding carboxylic acids is 3. The van der Waals surface area contributed by atoms with E-state index >= 15 is 0 Å². The normalized spacial score (nSPS) is 16.7. The summed E-state index contributed by atoms with van der Waals surface area (Å²) in [6.07, 6.45) is 0.0591. The molecule has 1 heterocycles. The van der Waals surface area contributed by atoms with Gasteiger partial charge in [0.2, 0.25) is 5.91 Å². The summed E-state index contributed by atoms with van der Waals surface area (Å²) in [5.74, 6) is -0.738. The largest absolute Gasteiger partial charge is 0.495 e. The van der Waals surface area contributed by atoms with Crippen molar-refractivity contribution in [1.29, 1.82) is 0 Å². The molecule has 2 rings (SSSR count). The maximum absolute atomic E-state index is 12.4. The third-order valence-corrected chi connectivity index (χ3v) is 4.14. The second-order valence-corrected chi connectivity index (χ2v) is 6.89. The third kappa shape index (κ3) is 4.97. The number of hydrogen-bond donors (Lipinski definition) is 1. The van der Waals surface area contributed by atoms with Crippen molar-refractivity contribution in [3.63, 3.8) is 0 Å². The van der Waals surface area contributed by atoms with E-state index in [2.05, 4.69) is 5.32 Å². The number of hydrogen-bond acceptors (Lipinski definition) is 5. The van der Waals surface area contributed by atoms with Crippen LogP contribution in [0.1, 0.15) is 25.8 Å². The van der Waals surface area contributed by atoms with Gasteiger partial charge in [0.1, 0.15) is 5.75 Å². The summed E-state index contributed by atoms with van der Waals surface area (Å²) in [5.41, 5.74) is 1.63. The van der Waals surface area contributed by atoms with Crippen molar-refractivity contribution in [2.45, 2.75) is 27.2 Å². The Morgan fingerprint density at radius 1 is 1.35 bits per heavy atom. The zero-order valence-electron chi connectivity index (χ0n) is 15.7. The van der Waals surface area contributed by atoms with Gasteiger partial charge in [-0.25, -0.2) is 0 Å². The molecule has 0 bridgehead atoms. The van der Waals surface area contributed by atoms with E-state index < -0.39 is 11.9 Å². The molecular weight excluding hydrogens is 336 g/mol. The molecule has 0 aromatic heterocycles. The highest BCUT2D eigenvalue weighted by atomic mass is 16.5. The minimum atomic E-state index is -0.592. The molecule has 1 aliphatic rings. The van der Waals surface area contributed by atoms with Crippen molar-refractivity contribution in [2.24, 2.45) is 11.8 Å². The van der Waals surface area contributed by atoms with Gasteiger partial charge in [0.25, 0.3) is 5.91 Å². The maximum atomic E-state index is 12.4. The van der Waals surface area contributed by atoms with Crippen molar-refractivity contribution in [3.8, 4) is 5.75 Å². The lowest BCUT2D eigenvalue weighted by molar-refractivity contribution is -0.152. The quantitative estimate of drug-likeness (QED) is 0.746. The fourth-order valence-electron chi connectivity index (χ4n) is 2.73. The van der Waals surface area contributed by atoms with Crippen LogP contribution in [0.4, 0.5) is 5.69 Å². The highest BCUT2D eigenvalue weighted by Gasteiger charge is 2.37. The lowest BCUT2D eigenvalue weighted by Gasteiger charge is -2.20. The van der Waals surface area contributed by atoms with Crippen molar-refractivity contribution < 1.29 is 23.9 Å². The van der Waals surface area contributed by atoms with Gasteiger partial charge >= 0.3 is 5.97 Å². The number of carbonyl (C=O) groups is 3. The summed E-state index contributed by atoms with van der Waals surface area (Å²) < 4.78 is 10.4. The van der Waals surface area contributed by atoms with Crippen LogP contribution in [0.2, 0.25) is 0 Å². The Kier molecular flexibility index (Phi) is 6.60. The lowest BCUT2D eigenvalue weighted by Crippen LogP contribution is -2.33. The maximum Gasteiger partial charge on any atom is 0.311 e. The topological polar surface area (TPSA) is 84.9 Å². The zero-order valence-corrected chi connectivity index (χ0v) is 15.7. The molecule has 2 amide bonds. The molecule has 0 saturated carbocycles. The van der Waals surface area contributed by atoms with E-state index in [4.69, 9.17) is 9.47 Å². The summed E-state index contributed by atoms with van der Waals surface area (Å²) in [4.78, 5) is 37.8. The summed E-state index contributed by atoms with van der Waals surface area (Å²) >= 11 is 0. The SMILES string of the molecule is COc1ccc(C)cc1N1C[C@H](C(=O)OCC(=O)NCC(C)C)CC1=O. The van der Waals surface area contributed by atoms with E-state index in [1.807, 2.05) is 32.9 Å². The Balaban J connectivity index is 1.96. The first-order chi connectivity index (χ1) is 12.3. The molecule has 0 radical (unpaired) electrons. The van der Waals surface area contributed by atoms with E-state index in [1.54, 1.807) is 6.07 Å². The van der Waals surface area contributed by atoms with Gasteiger partial charge in [-0.15, -0.1) is 0 Å². The van der Waals surface area contributed by atoms with Gasteiger partial charge in [0, 0.05) is 19.5 Å². The van der Waals surface area contributed by atoms with Gasteiger partial charge in [0.05, 0.1) is 18.7 Å². The molecule has 0 unspecified atom stereocenters. The van der Waals surface area contributed by atoms with Crippen LogP contribution in [0.15, 0.2) is 18.2 Å². The molecular formula is C19H26N2O5. The Morgan fingerprint density at radius 2 is 2.08 bits per heavy atom. The van der Waals surface area contributed by atoms with Gasteiger partial charge in [-0.05, 0) is 30.5 Å². The van der Waals surface area contributed by atoms with Gasteiger partial charge in [0.15, 0.2) is 6.61 Å². The number of anilines is 1. The van der Waals surface area contributed by atoms with Crippen molar-refractivity contribution in [1.82, 2.24) is 5.32 Å². The molecule has 0 spiro atoms. The van der Waals surface area contributed by atoms with E-state index in [0.29, 0.717) is 23.9 Å². The van der Waals surface area contributed by atoms with Crippen molar-refractivity contribution >= 4 is 23.5 Å². The first kappa shape index (κ1) is 19.8. The number of aryl methyl sites for hydroxylation is 1. The van der Waals surface area contributed by atoms with Gasteiger partial charge in [-0.3, -0.25) is 14.4 Å². The summed E-state index contributed by atoms with van der Waals surface area (Å²) in [6, 6.07) is 5.54. The smallest absolute Gasteiger partial charge is 0.311 e. The predicted molar refractivity (Wildman–Crippen MR) is 97.0 cm³/mol. The van der Waals surface area contributed by atoms with E-state index in [9.17, 15) is 14.4 Å². The number of nitrogens with zero attached hydrogens (tertiary/aromatic N) is 1. The number of methoxy groups -OCH3 is 1. The first-order valence-electron chi connectivity index (χ1n) is 8.70. The van der Waals surface area contributed by atoms with E-state index in [0.717, 1.165) is 5.56 Å². The van der Waals surface area contributed by atoms with Crippen LogP contribution in [0.25, 0.3) is 0 Å². The molecule has 142 valence electrons. The van der Waals surface area contributed by atoms with Crippen molar-refractivity contribution in [2.75, 3.05) is 31.7 Å². The molecule has 7 heteroatoms. The monoisotopic (exact) mass is 362 g/mol. The van der Waals surface area contributed by atoms with Crippen LogP contribution >= 0.6 is 0 Å². The first-order valence-corrected chi connectivity index (χ1v) is 8.70. The standard InChI is InChI=1S/C19H26N2O5/c1-12(2)9-20-17(22)11-26-19(24)14-8-18(23)21(10-14)15-7-13(3)5-6-16(15)25-4/h5-7,12,14H,8-11H2,1-4H3,(H,20,22)/t14-/m1/s1. The molecule has 0 aliphatic carbocycles. The van der Waals surface area contributed by atoms with Crippen LogP contribution < -0.4 is 15.0 Å². The van der Waals surface area contributed by atoms with E-state index in [1.165, 1.54) is 12.0 Å². The molecule has 1 aromatic rings. The third-order valence-electron chi connectivity index (χ3n) is 4.14. The number of amides is 2. The molecule has 1 fully saturated rings. The number of benzene rings is 1. The van der Waals surface area contributed by atoms with Crippen LogP contribution in [-0.4, -0.2) is 44.6 Å². The average Bonchev–Trinajstić information content (AvgIpc) is 2.99. The van der Waals surface area contributed by atoms with Crippen LogP contribution in [0.5, 0.6) is 5.75 Å². The second kappa shape index (κ2) is 8.69. The Labute approximate surface area is 153 Å². The van der Waals surface area contributed by atoms with Gasteiger partial charge < -0.3 is 19.7 Å². The highest BCUT2D eigenvalue weighted by Crippen LogP contribution is 2.34. The van der Waals surface area contributed by atoms with Crippen LogP contribution in [-0.2, 0) is 19.1 Å². The molecule has 1 aliphatic heterocycles. The Bertz CT molecular complexity index is 687. The fourth-order valence-corrected chi connectivity index (χ4v) is 2.73. The molecule has 1 saturated heterocycles. The van der Waals surface area contributed by atoms with Crippen molar-refractivity contribution in [3.05, 3.63) is 23.8 Å². The average molecular weight is 362 g/mol. The lowest BCUT2D eigenvalue weighted by atomic mass is 10.1. The summed E-state index contributed by atoms with van der Waals surface area (Å²) in [7, 11) is 1.54. The number of esters is 1. The molecule has 1 aromatic carbocycles. The van der Waals surface area contributed by atoms with Gasteiger partial charge in [-0.2, -0.15) is 0 Å². The molecule has 26 heavy (non-hydrogen) atoms. The molecule has 1 N–H and O–H groups in total. The number of rotatable bonds is 7. The molecule has 1 atom stereocenters. The fraction of sp³-hybridized carbons (Fsp3) is 0.526. The summed E-state index contributed by atoms with van der Waals surface area (Å²) in [5, 5.41) is 2.68. The summed E-state index contributed by atoms with van der Waals surface area (Å²) in [6.45, 7) is 6.29. The second-order valence-electron chi connectivity index (χ2n) is 6.89. The Hall–Kier alpha value is -2.57. The van der Waals surface area contributed by atoms with Gasteiger partial charge in [-0.1, -0.05) is 19.9 Å². The molecule has 7 nitrogen and oxygen atoms in total. The van der Waals surface area contributed by atoms with E-state index in [-0.39, 0.29) is 31.4 Å². The minimum absolute atomic E-state index is 0.0591. The van der Waals surface area contributed by atoms with Crippen LogP contribution in [0, 0.1) is 18.8 Å². The zero-order chi connectivity index (χ0) is 19.3. The predicted octanol–water partition coefficient (Wildman–Crippen LogP) is 1.67. The highest BCUT2D eigenvalue weighted by molar-refractivity contribution is 6.00.